The van der Waals surface area contributed by atoms with Gasteiger partial charge in [0, 0.05) is 37.4 Å². The van der Waals surface area contributed by atoms with E-state index in [1.54, 1.807) is 0 Å². The lowest BCUT2D eigenvalue weighted by atomic mass is 9.80. The summed E-state index contributed by atoms with van der Waals surface area (Å²) in [5.74, 6) is 0.378. The van der Waals surface area contributed by atoms with Crippen LogP contribution in [0.15, 0.2) is 53.7 Å². The number of hydrogen-bond acceptors (Lipinski definition) is 4. The SMILES string of the molecule is O/N=C1/CC(CCCN2CCN(c3ccc(F)cc3)CC2)Cc2ccccc21. The van der Waals surface area contributed by atoms with Crippen LogP contribution in [0, 0.1) is 11.7 Å². The van der Waals surface area contributed by atoms with E-state index in [0.29, 0.717) is 5.92 Å². The number of piperazine rings is 1. The van der Waals surface area contributed by atoms with Crippen molar-refractivity contribution < 1.29 is 9.60 Å². The summed E-state index contributed by atoms with van der Waals surface area (Å²) in [4.78, 5) is 4.86. The Balaban J connectivity index is 1.23. The molecule has 0 spiro atoms. The maximum atomic E-state index is 13.1. The fraction of sp³-hybridized carbons (Fsp3) is 0.435. The van der Waals surface area contributed by atoms with E-state index in [9.17, 15) is 9.60 Å². The third-order valence-corrected chi connectivity index (χ3v) is 6.09. The zero-order valence-corrected chi connectivity index (χ0v) is 16.2. The Morgan fingerprint density at radius 1 is 0.964 bits per heavy atom. The predicted molar refractivity (Wildman–Crippen MR) is 111 cm³/mol. The number of nitrogens with zero attached hydrogens (tertiary/aromatic N) is 3. The minimum Gasteiger partial charge on any atom is -0.411 e. The van der Waals surface area contributed by atoms with Gasteiger partial charge in [0.15, 0.2) is 0 Å². The molecule has 1 aliphatic heterocycles. The van der Waals surface area contributed by atoms with Crippen LogP contribution in [-0.4, -0.2) is 48.5 Å². The van der Waals surface area contributed by atoms with Gasteiger partial charge in [-0.05, 0) is 68.0 Å². The van der Waals surface area contributed by atoms with Crippen LogP contribution < -0.4 is 4.90 Å². The molecule has 28 heavy (non-hydrogen) atoms. The molecule has 1 atom stereocenters. The highest BCUT2D eigenvalue weighted by atomic mass is 19.1. The summed E-state index contributed by atoms with van der Waals surface area (Å²) in [6.07, 6.45) is 4.27. The van der Waals surface area contributed by atoms with Crippen LogP contribution in [0.25, 0.3) is 0 Å². The summed E-state index contributed by atoms with van der Waals surface area (Å²) in [6, 6.07) is 15.1. The molecule has 0 amide bonds. The number of halogens is 1. The first-order valence-corrected chi connectivity index (χ1v) is 10.2. The summed E-state index contributed by atoms with van der Waals surface area (Å²) in [5, 5.41) is 12.9. The topological polar surface area (TPSA) is 39.1 Å². The van der Waals surface area contributed by atoms with Gasteiger partial charge in [-0.25, -0.2) is 4.39 Å². The van der Waals surface area contributed by atoms with Crippen LogP contribution in [0.1, 0.15) is 30.4 Å². The summed E-state index contributed by atoms with van der Waals surface area (Å²) in [6.45, 7) is 5.19. The van der Waals surface area contributed by atoms with Gasteiger partial charge in [-0.3, -0.25) is 4.90 Å². The van der Waals surface area contributed by atoms with Gasteiger partial charge in [-0.15, -0.1) is 0 Å². The standard InChI is InChI=1S/C23H28FN3O/c24-20-7-9-21(10-8-20)27-14-12-26(13-15-27)11-3-4-18-16-19-5-1-2-6-22(19)23(17-18)25-28/h1-2,5-10,18,28H,3-4,11-17H2/b25-23-. The highest BCUT2D eigenvalue weighted by Crippen LogP contribution is 2.29. The Kier molecular flexibility index (Phi) is 5.91. The van der Waals surface area contributed by atoms with E-state index in [1.165, 1.54) is 24.1 Å². The molecule has 0 bridgehead atoms. The van der Waals surface area contributed by atoms with Crippen molar-refractivity contribution in [3.63, 3.8) is 0 Å². The zero-order valence-electron chi connectivity index (χ0n) is 16.2. The first kappa shape index (κ1) is 18.9. The summed E-state index contributed by atoms with van der Waals surface area (Å²) in [5.41, 5.74) is 4.36. The molecule has 0 aromatic heterocycles. The van der Waals surface area contributed by atoms with E-state index in [2.05, 4.69) is 33.2 Å². The van der Waals surface area contributed by atoms with Crippen molar-refractivity contribution in [3.05, 3.63) is 65.5 Å². The number of anilines is 1. The van der Waals surface area contributed by atoms with Crippen molar-refractivity contribution in [1.82, 2.24) is 4.90 Å². The molecule has 4 nitrogen and oxygen atoms in total. The highest BCUT2D eigenvalue weighted by molar-refractivity contribution is 6.02. The van der Waals surface area contributed by atoms with E-state index >= 15 is 0 Å². The number of hydrogen-bond donors (Lipinski definition) is 1. The smallest absolute Gasteiger partial charge is 0.123 e. The normalized spacial score (nSPS) is 21.7. The van der Waals surface area contributed by atoms with Crippen LogP contribution >= 0.6 is 0 Å². The number of benzene rings is 2. The van der Waals surface area contributed by atoms with Crippen molar-refractivity contribution in [2.75, 3.05) is 37.6 Å². The van der Waals surface area contributed by atoms with Crippen LogP contribution in [0.4, 0.5) is 10.1 Å². The van der Waals surface area contributed by atoms with Gasteiger partial charge >= 0.3 is 0 Å². The lowest BCUT2D eigenvalue weighted by Gasteiger charge is -2.36. The number of rotatable bonds is 5. The third kappa shape index (κ3) is 4.36. The van der Waals surface area contributed by atoms with Gasteiger partial charge in [0.2, 0.25) is 0 Å². The van der Waals surface area contributed by atoms with Crippen LogP contribution in [0.2, 0.25) is 0 Å². The third-order valence-electron chi connectivity index (χ3n) is 6.09. The van der Waals surface area contributed by atoms with Gasteiger partial charge in [-0.1, -0.05) is 29.4 Å². The van der Waals surface area contributed by atoms with E-state index in [1.807, 2.05) is 18.2 Å². The maximum Gasteiger partial charge on any atom is 0.123 e. The second-order valence-electron chi connectivity index (χ2n) is 7.93. The fourth-order valence-corrected chi connectivity index (χ4v) is 4.53. The summed E-state index contributed by atoms with van der Waals surface area (Å²) < 4.78 is 13.1. The van der Waals surface area contributed by atoms with Gasteiger partial charge < -0.3 is 10.1 Å². The Bertz CT molecular complexity index is 813. The molecule has 1 saturated heterocycles. The van der Waals surface area contributed by atoms with Gasteiger partial charge in [-0.2, -0.15) is 0 Å². The van der Waals surface area contributed by atoms with Crippen molar-refractivity contribution in [3.8, 4) is 0 Å². The Labute approximate surface area is 166 Å². The Morgan fingerprint density at radius 2 is 1.71 bits per heavy atom. The van der Waals surface area contributed by atoms with Gasteiger partial charge in [0.05, 0.1) is 5.71 Å². The number of fused-ring (bicyclic) bond motifs is 1. The second-order valence-corrected chi connectivity index (χ2v) is 7.93. The quantitative estimate of drug-likeness (QED) is 0.624. The summed E-state index contributed by atoms with van der Waals surface area (Å²) >= 11 is 0. The molecule has 5 heteroatoms. The minimum absolute atomic E-state index is 0.179. The van der Waals surface area contributed by atoms with Crippen molar-refractivity contribution in [2.24, 2.45) is 11.1 Å². The molecule has 1 aliphatic carbocycles. The molecule has 4 rings (SSSR count). The summed E-state index contributed by atoms with van der Waals surface area (Å²) in [7, 11) is 0. The van der Waals surface area contributed by atoms with Crippen molar-refractivity contribution in [1.29, 1.82) is 0 Å². The van der Waals surface area contributed by atoms with Crippen LogP contribution in [0.5, 0.6) is 0 Å². The molecule has 0 radical (unpaired) electrons. The maximum absolute atomic E-state index is 13.1. The predicted octanol–water partition coefficient (Wildman–Crippen LogP) is 4.17. The zero-order chi connectivity index (χ0) is 19.3. The first-order chi connectivity index (χ1) is 13.7. The molecule has 2 aromatic carbocycles. The molecule has 1 N–H and O–H groups in total. The molecule has 1 heterocycles. The van der Waals surface area contributed by atoms with Crippen molar-refractivity contribution in [2.45, 2.75) is 25.7 Å². The van der Waals surface area contributed by atoms with E-state index < -0.39 is 0 Å². The van der Waals surface area contributed by atoms with Gasteiger partial charge in [0.1, 0.15) is 5.82 Å². The average Bonchev–Trinajstić information content (AvgIpc) is 2.74. The van der Waals surface area contributed by atoms with Crippen LogP contribution in [-0.2, 0) is 6.42 Å². The molecule has 2 aliphatic rings. The van der Waals surface area contributed by atoms with Crippen LogP contribution in [0.3, 0.4) is 0 Å². The molecule has 2 aromatic rings. The molecule has 1 fully saturated rings. The van der Waals surface area contributed by atoms with E-state index in [4.69, 9.17) is 0 Å². The Hall–Kier alpha value is -2.40. The second kappa shape index (κ2) is 8.74. The molecule has 148 valence electrons. The lowest BCUT2D eigenvalue weighted by molar-refractivity contribution is 0.246. The molecular formula is C23H28FN3O. The minimum atomic E-state index is -0.179. The van der Waals surface area contributed by atoms with E-state index in [0.717, 1.165) is 68.9 Å². The molecule has 1 unspecified atom stereocenters. The first-order valence-electron chi connectivity index (χ1n) is 10.2. The largest absolute Gasteiger partial charge is 0.411 e. The van der Waals surface area contributed by atoms with Gasteiger partial charge in [0.25, 0.3) is 0 Å². The lowest BCUT2D eigenvalue weighted by Crippen LogP contribution is -2.46. The Morgan fingerprint density at radius 3 is 2.46 bits per heavy atom. The monoisotopic (exact) mass is 381 g/mol. The molecular weight excluding hydrogens is 353 g/mol. The highest BCUT2D eigenvalue weighted by Gasteiger charge is 2.24. The fourth-order valence-electron chi connectivity index (χ4n) is 4.53. The van der Waals surface area contributed by atoms with Crippen molar-refractivity contribution >= 4 is 11.4 Å². The average molecular weight is 381 g/mol. The number of oxime groups is 1. The van der Waals surface area contributed by atoms with E-state index in [-0.39, 0.29) is 5.82 Å². The molecule has 0 saturated carbocycles.